The van der Waals surface area contributed by atoms with Crippen molar-refractivity contribution in [2.75, 3.05) is 38.2 Å². The topological polar surface area (TPSA) is 81.0 Å². The van der Waals surface area contributed by atoms with E-state index < -0.39 is 5.91 Å². The first-order chi connectivity index (χ1) is 14.5. The molecule has 9 heteroatoms. The highest BCUT2D eigenvalue weighted by Gasteiger charge is 2.27. The Morgan fingerprint density at radius 2 is 1.87 bits per heavy atom. The Morgan fingerprint density at radius 3 is 2.67 bits per heavy atom. The van der Waals surface area contributed by atoms with Gasteiger partial charge in [-0.25, -0.2) is 0 Å². The average Bonchev–Trinajstić information content (AvgIpc) is 3.13. The smallest absolute Gasteiger partial charge is 0.291 e. The molecule has 0 bridgehead atoms. The zero-order valence-electron chi connectivity index (χ0n) is 15.8. The first-order valence-electron chi connectivity index (χ1n) is 9.29. The van der Waals surface area contributed by atoms with E-state index in [4.69, 9.17) is 37.1 Å². The molecule has 2 heterocycles. The standard InChI is InChI=1S/C21H18Cl2N2O5/c22-13-5-6-15(23)17(11-13)29-12-18(26)24-19-14-3-1-2-4-16(14)30-20(19)21(27)25-7-9-28-10-8-25/h1-6,11H,7-10,12H2,(H,24,26). The lowest BCUT2D eigenvalue weighted by Gasteiger charge is -2.26. The molecule has 2 amide bonds. The Bertz CT molecular complexity index is 1090. The average molecular weight is 449 g/mol. The Kier molecular flexibility index (Phi) is 6.13. The van der Waals surface area contributed by atoms with Crippen molar-refractivity contribution >= 4 is 51.7 Å². The van der Waals surface area contributed by atoms with Gasteiger partial charge in [0.05, 0.1) is 18.2 Å². The molecule has 1 aliphatic heterocycles. The van der Waals surface area contributed by atoms with Gasteiger partial charge >= 0.3 is 0 Å². The molecule has 156 valence electrons. The fraction of sp³-hybridized carbons (Fsp3) is 0.238. The minimum Gasteiger partial charge on any atom is -0.482 e. The number of para-hydroxylation sites is 1. The summed E-state index contributed by atoms with van der Waals surface area (Å²) in [6.45, 7) is 1.52. The predicted octanol–water partition coefficient (Wildman–Crippen LogP) is 4.23. The van der Waals surface area contributed by atoms with Gasteiger partial charge in [-0.15, -0.1) is 0 Å². The number of nitrogens with zero attached hydrogens (tertiary/aromatic N) is 1. The van der Waals surface area contributed by atoms with Gasteiger partial charge in [0.1, 0.15) is 17.0 Å². The normalized spacial score (nSPS) is 14.0. The van der Waals surface area contributed by atoms with Crippen LogP contribution in [0.15, 0.2) is 46.9 Å². The number of hydrogen-bond donors (Lipinski definition) is 1. The number of hydrogen-bond acceptors (Lipinski definition) is 5. The molecule has 4 rings (SSSR count). The van der Waals surface area contributed by atoms with E-state index in [1.165, 1.54) is 6.07 Å². The number of morpholine rings is 1. The third kappa shape index (κ3) is 4.38. The quantitative estimate of drug-likeness (QED) is 0.631. The Labute approximate surface area is 182 Å². The molecule has 0 saturated carbocycles. The molecule has 1 aliphatic rings. The first-order valence-corrected chi connectivity index (χ1v) is 10.0. The van der Waals surface area contributed by atoms with Gasteiger partial charge in [-0.1, -0.05) is 35.3 Å². The molecule has 2 aromatic carbocycles. The number of fused-ring (bicyclic) bond motifs is 1. The molecular formula is C21H18Cl2N2O5. The molecule has 1 N–H and O–H groups in total. The van der Waals surface area contributed by atoms with Crippen LogP contribution in [0.25, 0.3) is 11.0 Å². The Balaban J connectivity index is 1.55. The second kappa shape index (κ2) is 8.95. The van der Waals surface area contributed by atoms with Crippen LogP contribution in [0.5, 0.6) is 5.75 Å². The zero-order chi connectivity index (χ0) is 21.1. The lowest BCUT2D eigenvalue weighted by molar-refractivity contribution is -0.118. The number of benzene rings is 2. The SMILES string of the molecule is O=C(COc1cc(Cl)ccc1Cl)Nc1c(C(=O)N2CCOCC2)oc2ccccc12. The molecule has 30 heavy (non-hydrogen) atoms. The van der Waals surface area contributed by atoms with E-state index in [1.807, 2.05) is 0 Å². The van der Waals surface area contributed by atoms with Gasteiger partial charge in [0.2, 0.25) is 5.76 Å². The summed E-state index contributed by atoms with van der Waals surface area (Å²) < 4.78 is 16.6. The van der Waals surface area contributed by atoms with Crippen LogP contribution < -0.4 is 10.1 Å². The molecule has 1 aromatic heterocycles. The third-order valence-electron chi connectivity index (χ3n) is 4.60. The molecule has 0 unspecified atom stereocenters. The number of carbonyl (C=O) groups excluding carboxylic acids is 2. The van der Waals surface area contributed by atoms with E-state index in [0.29, 0.717) is 58.8 Å². The summed E-state index contributed by atoms with van der Waals surface area (Å²) in [7, 11) is 0. The summed E-state index contributed by atoms with van der Waals surface area (Å²) in [5.74, 6) is -0.398. The number of carbonyl (C=O) groups is 2. The number of amides is 2. The lowest BCUT2D eigenvalue weighted by Crippen LogP contribution is -2.40. The zero-order valence-corrected chi connectivity index (χ0v) is 17.3. The Morgan fingerprint density at radius 1 is 1.10 bits per heavy atom. The number of halogens is 2. The van der Waals surface area contributed by atoms with E-state index >= 15 is 0 Å². The number of furan rings is 1. The van der Waals surface area contributed by atoms with Crippen molar-refractivity contribution in [3.8, 4) is 5.75 Å². The van der Waals surface area contributed by atoms with Gasteiger partial charge in [-0.2, -0.15) is 0 Å². The van der Waals surface area contributed by atoms with Gasteiger partial charge in [-0.3, -0.25) is 9.59 Å². The van der Waals surface area contributed by atoms with Gasteiger partial charge < -0.3 is 24.1 Å². The molecule has 0 radical (unpaired) electrons. The van der Waals surface area contributed by atoms with Crippen LogP contribution in [0, 0.1) is 0 Å². The maximum Gasteiger partial charge on any atom is 0.291 e. The molecular weight excluding hydrogens is 431 g/mol. The maximum absolute atomic E-state index is 13.0. The summed E-state index contributed by atoms with van der Waals surface area (Å²) in [5, 5.41) is 4.15. The summed E-state index contributed by atoms with van der Waals surface area (Å²) in [4.78, 5) is 27.2. The molecule has 0 aliphatic carbocycles. The highest BCUT2D eigenvalue weighted by molar-refractivity contribution is 6.34. The summed E-state index contributed by atoms with van der Waals surface area (Å²) >= 11 is 12.0. The van der Waals surface area contributed by atoms with Gasteiger partial charge in [0.15, 0.2) is 6.61 Å². The largest absolute Gasteiger partial charge is 0.482 e. The van der Waals surface area contributed by atoms with Crippen molar-refractivity contribution in [1.29, 1.82) is 0 Å². The van der Waals surface area contributed by atoms with Crippen LogP contribution in [0.4, 0.5) is 5.69 Å². The predicted molar refractivity (Wildman–Crippen MR) is 114 cm³/mol. The van der Waals surface area contributed by atoms with Crippen LogP contribution in [0.1, 0.15) is 10.6 Å². The van der Waals surface area contributed by atoms with Crippen LogP contribution in [0.3, 0.4) is 0 Å². The summed E-state index contributed by atoms with van der Waals surface area (Å²) in [6.07, 6.45) is 0. The minimum absolute atomic E-state index is 0.0761. The summed E-state index contributed by atoms with van der Waals surface area (Å²) in [5.41, 5.74) is 0.816. The van der Waals surface area contributed by atoms with Gasteiger partial charge in [0, 0.05) is 29.6 Å². The minimum atomic E-state index is -0.464. The van der Waals surface area contributed by atoms with Crippen LogP contribution in [-0.2, 0) is 9.53 Å². The van der Waals surface area contributed by atoms with Crippen molar-refractivity contribution in [2.45, 2.75) is 0 Å². The van der Waals surface area contributed by atoms with E-state index in [2.05, 4.69) is 5.32 Å². The highest BCUT2D eigenvalue weighted by Crippen LogP contribution is 2.32. The molecule has 7 nitrogen and oxygen atoms in total. The monoisotopic (exact) mass is 448 g/mol. The van der Waals surface area contributed by atoms with Gasteiger partial charge in [-0.05, 0) is 24.3 Å². The lowest BCUT2D eigenvalue weighted by atomic mass is 10.2. The second-order valence-corrected chi connectivity index (χ2v) is 7.46. The van der Waals surface area contributed by atoms with Crippen molar-refractivity contribution in [3.63, 3.8) is 0 Å². The first kappa shape index (κ1) is 20.5. The third-order valence-corrected chi connectivity index (χ3v) is 5.15. The van der Waals surface area contributed by atoms with E-state index in [1.54, 1.807) is 41.3 Å². The van der Waals surface area contributed by atoms with Crippen LogP contribution in [-0.4, -0.2) is 49.6 Å². The number of nitrogens with one attached hydrogen (secondary N) is 1. The molecule has 1 fully saturated rings. The molecule has 0 spiro atoms. The molecule has 3 aromatic rings. The summed E-state index contributed by atoms with van der Waals surface area (Å²) in [6, 6.07) is 11.8. The van der Waals surface area contributed by atoms with E-state index in [-0.39, 0.29) is 18.3 Å². The van der Waals surface area contributed by atoms with Crippen molar-refractivity contribution in [3.05, 3.63) is 58.3 Å². The highest BCUT2D eigenvalue weighted by atomic mass is 35.5. The van der Waals surface area contributed by atoms with Crippen molar-refractivity contribution < 1.29 is 23.5 Å². The maximum atomic E-state index is 13.0. The van der Waals surface area contributed by atoms with Crippen LogP contribution >= 0.6 is 23.2 Å². The molecule has 1 saturated heterocycles. The van der Waals surface area contributed by atoms with Crippen molar-refractivity contribution in [2.24, 2.45) is 0 Å². The van der Waals surface area contributed by atoms with E-state index in [9.17, 15) is 9.59 Å². The number of rotatable bonds is 5. The second-order valence-electron chi connectivity index (χ2n) is 6.62. The van der Waals surface area contributed by atoms with Gasteiger partial charge in [0.25, 0.3) is 11.8 Å². The fourth-order valence-electron chi connectivity index (χ4n) is 3.14. The van der Waals surface area contributed by atoms with E-state index in [0.717, 1.165) is 0 Å². The molecule has 0 atom stereocenters. The van der Waals surface area contributed by atoms with Crippen molar-refractivity contribution in [1.82, 2.24) is 4.90 Å². The fourth-order valence-corrected chi connectivity index (χ4v) is 3.47. The van der Waals surface area contributed by atoms with Crippen LogP contribution in [0.2, 0.25) is 10.0 Å². The Hall–Kier alpha value is -2.74. The number of anilines is 1. The number of ether oxygens (including phenoxy) is 2.